The standard InChI is InChI=1S/C18H22F2N6.HI/c1-21-17(24-8-5-14-13-15(19)3-4-16(14)20)25-9-11-26(12-10-25)18-22-6-2-7-23-18;/h2-4,6-7,13H,5,8-12H2,1H3,(H,21,24);1H. The summed E-state index contributed by atoms with van der Waals surface area (Å²) in [5, 5.41) is 3.23. The summed E-state index contributed by atoms with van der Waals surface area (Å²) >= 11 is 0. The summed E-state index contributed by atoms with van der Waals surface area (Å²) in [5.74, 6) is 0.678. The van der Waals surface area contributed by atoms with Crippen molar-refractivity contribution in [2.75, 3.05) is 44.7 Å². The molecule has 0 spiro atoms. The molecule has 2 aromatic rings. The molecule has 2 heterocycles. The van der Waals surface area contributed by atoms with Gasteiger partial charge in [0, 0.05) is 52.2 Å². The third kappa shape index (κ3) is 5.72. The lowest BCUT2D eigenvalue weighted by atomic mass is 10.1. The molecule has 1 aliphatic heterocycles. The number of guanidine groups is 1. The van der Waals surface area contributed by atoms with Crippen LogP contribution in [-0.2, 0) is 6.42 Å². The van der Waals surface area contributed by atoms with Gasteiger partial charge in [-0.3, -0.25) is 4.99 Å². The van der Waals surface area contributed by atoms with Crippen molar-refractivity contribution < 1.29 is 8.78 Å². The number of piperazine rings is 1. The Bertz CT molecular complexity index is 751. The molecule has 6 nitrogen and oxygen atoms in total. The van der Waals surface area contributed by atoms with Crippen LogP contribution in [0.3, 0.4) is 0 Å². The molecular weight excluding hydrogens is 465 g/mol. The molecule has 1 fully saturated rings. The van der Waals surface area contributed by atoms with Gasteiger partial charge in [0.05, 0.1) is 0 Å². The van der Waals surface area contributed by atoms with Gasteiger partial charge >= 0.3 is 0 Å². The zero-order valence-corrected chi connectivity index (χ0v) is 17.4. The van der Waals surface area contributed by atoms with E-state index in [-0.39, 0.29) is 29.8 Å². The zero-order chi connectivity index (χ0) is 18.4. The average molecular weight is 488 g/mol. The summed E-state index contributed by atoms with van der Waals surface area (Å²) < 4.78 is 26.9. The van der Waals surface area contributed by atoms with Crippen LogP contribution >= 0.6 is 24.0 Å². The molecule has 9 heteroatoms. The van der Waals surface area contributed by atoms with Crippen molar-refractivity contribution in [3.8, 4) is 0 Å². The van der Waals surface area contributed by atoms with Gasteiger partial charge in [0.1, 0.15) is 11.6 Å². The summed E-state index contributed by atoms with van der Waals surface area (Å²) in [4.78, 5) is 17.1. The van der Waals surface area contributed by atoms with Crippen molar-refractivity contribution >= 4 is 35.9 Å². The Morgan fingerprint density at radius 3 is 2.52 bits per heavy atom. The van der Waals surface area contributed by atoms with Gasteiger partial charge in [-0.15, -0.1) is 24.0 Å². The van der Waals surface area contributed by atoms with E-state index < -0.39 is 5.82 Å². The molecule has 27 heavy (non-hydrogen) atoms. The van der Waals surface area contributed by atoms with Crippen LogP contribution < -0.4 is 10.2 Å². The lowest BCUT2D eigenvalue weighted by Crippen LogP contribution is -2.53. The SMILES string of the molecule is CN=C(NCCc1cc(F)ccc1F)N1CCN(c2ncccn2)CC1.I. The highest BCUT2D eigenvalue weighted by atomic mass is 127. The minimum absolute atomic E-state index is 0. The Hall–Kier alpha value is -2.04. The maximum Gasteiger partial charge on any atom is 0.225 e. The van der Waals surface area contributed by atoms with Crippen molar-refractivity contribution in [1.29, 1.82) is 0 Å². The third-order valence-electron chi connectivity index (χ3n) is 4.31. The first-order chi connectivity index (χ1) is 12.7. The van der Waals surface area contributed by atoms with Crippen molar-refractivity contribution in [2.24, 2.45) is 4.99 Å². The fourth-order valence-electron chi connectivity index (χ4n) is 2.95. The van der Waals surface area contributed by atoms with E-state index >= 15 is 0 Å². The fourth-order valence-corrected chi connectivity index (χ4v) is 2.95. The van der Waals surface area contributed by atoms with Crippen LogP contribution in [0.4, 0.5) is 14.7 Å². The molecule has 1 aliphatic rings. The monoisotopic (exact) mass is 488 g/mol. The van der Waals surface area contributed by atoms with E-state index in [1.165, 1.54) is 6.07 Å². The highest BCUT2D eigenvalue weighted by Gasteiger charge is 2.20. The van der Waals surface area contributed by atoms with E-state index in [9.17, 15) is 8.78 Å². The van der Waals surface area contributed by atoms with E-state index in [0.717, 1.165) is 50.2 Å². The number of anilines is 1. The Labute approximate surface area is 174 Å². The molecule has 0 radical (unpaired) electrons. The number of aromatic nitrogens is 2. The molecule has 1 N–H and O–H groups in total. The van der Waals surface area contributed by atoms with Crippen LogP contribution in [0.5, 0.6) is 0 Å². The Balaban J connectivity index is 0.00000261. The maximum absolute atomic E-state index is 13.7. The van der Waals surface area contributed by atoms with Crippen LogP contribution in [-0.4, -0.2) is 60.6 Å². The number of nitrogens with one attached hydrogen (secondary N) is 1. The topological polar surface area (TPSA) is 56.7 Å². The van der Waals surface area contributed by atoms with Crippen molar-refractivity contribution in [1.82, 2.24) is 20.2 Å². The second-order valence-electron chi connectivity index (χ2n) is 5.98. The van der Waals surface area contributed by atoms with Crippen molar-refractivity contribution in [3.05, 3.63) is 53.9 Å². The third-order valence-corrected chi connectivity index (χ3v) is 4.31. The first kappa shape index (κ1) is 21.3. The molecule has 0 aliphatic carbocycles. The van der Waals surface area contributed by atoms with E-state index in [1.807, 2.05) is 0 Å². The van der Waals surface area contributed by atoms with E-state index in [4.69, 9.17) is 0 Å². The van der Waals surface area contributed by atoms with Crippen LogP contribution in [0.2, 0.25) is 0 Å². The molecule has 146 valence electrons. The average Bonchev–Trinajstić information content (AvgIpc) is 2.69. The van der Waals surface area contributed by atoms with Gasteiger partial charge in [-0.1, -0.05) is 0 Å². The lowest BCUT2D eigenvalue weighted by Gasteiger charge is -2.36. The van der Waals surface area contributed by atoms with Crippen LogP contribution in [0.25, 0.3) is 0 Å². The molecule has 0 bridgehead atoms. The number of aliphatic imine (C=N–C) groups is 1. The van der Waals surface area contributed by atoms with Crippen molar-refractivity contribution in [3.63, 3.8) is 0 Å². The highest BCUT2D eigenvalue weighted by molar-refractivity contribution is 14.0. The smallest absolute Gasteiger partial charge is 0.225 e. The van der Waals surface area contributed by atoms with E-state index in [2.05, 4.69) is 30.1 Å². The quantitative estimate of drug-likeness (QED) is 0.407. The number of hydrogen-bond acceptors (Lipinski definition) is 4. The Morgan fingerprint density at radius 1 is 1.15 bits per heavy atom. The molecule has 3 rings (SSSR count). The molecule has 0 saturated carbocycles. The minimum atomic E-state index is -0.426. The summed E-state index contributed by atoms with van der Waals surface area (Å²) in [6.45, 7) is 3.64. The number of rotatable bonds is 4. The van der Waals surface area contributed by atoms with E-state index in [1.54, 1.807) is 25.5 Å². The summed E-state index contributed by atoms with van der Waals surface area (Å²) in [6, 6.07) is 5.32. The van der Waals surface area contributed by atoms with Gasteiger partial charge in [-0.05, 0) is 36.2 Å². The molecule has 1 saturated heterocycles. The number of benzene rings is 1. The van der Waals surface area contributed by atoms with Gasteiger partial charge in [0.15, 0.2) is 5.96 Å². The molecule has 1 aromatic heterocycles. The second-order valence-corrected chi connectivity index (χ2v) is 5.98. The first-order valence-corrected chi connectivity index (χ1v) is 8.59. The highest BCUT2D eigenvalue weighted by Crippen LogP contribution is 2.11. The van der Waals surface area contributed by atoms with Crippen molar-refractivity contribution in [2.45, 2.75) is 6.42 Å². The normalized spacial score (nSPS) is 14.7. The number of halogens is 3. The Morgan fingerprint density at radius 2 is 1.85 bits per heavy atom. The first-order valence-electron chi connectivity index (χ1n) is 8.59. The predicted molar refractivity (Wildman–Crippen MR) is 113 cm³/mol. The summed E-state index contributed by atoms with van der Waals surface area (Å²) in [5.41, 5.74) is 0.360. The molecular formula is C18H23F2IN6. The molecule has 1 aromatic carbocycles. The van der Waals surface area contributed by atoms with Gasteiger partial charge < -0.3 is 15.1 Å². The Kier molecular flexibility index (Phi) is 8.14. The molecule has 0 atom stereocenters. The van der Waals surface area contributed by atoms with Gasteiger partial charge in [0.25, 0.3) is 0 Å². The maximum atomic E-state index is 13.7. The molecule has 0 unspecified atom stereocenters. The lowest BCUT2D eigenvalue weighted by molar-refractivity contribution is 0.370. The minimum Gasteiger partial charge on any atom is -0.356 e. The second kappa shape index (κ2) is 10.3. The van der Waals surface area contributed by atoms with Gasteiger partial charge in [-0.25, -0.2) is 18.7 Å². The fraction of sp³-hybridized carbons (Fsp3) is 0.389. The zero-order valence-electron chi connectivity index (χ0n) is 15.1. The number of hydrogen-bond donors (Lipinski definition) is 1. The van der Waals surface area contributed by atoms with Crippen LogP contribution in [0, 0.1) is 11.6 Å². The summed E-state index contributed by atoms with van der Waals surface area (Å²) in [7, 11) is 1.72. The van der Waals surface area contributed by atoms with Crippen LogP contribution in [0.15, 0.2) is 41.7 Å². The largest absolute Gasteiger partial charge is 0.356 e. The van der Waals surface area contributed by atoms with E-state index in [0.29, 0.717) is 18.5 Å². The molecule has 0 amide bonds. The van der Waals surface area contributed by atoms with Crippen LogP contribution in [0.1, 0.15) is 5.56 Å². The van der Waals surface area contributed by atoms with Gasteiger partial charge in [0.2, 0.25) is 5.95 Å². The predicted octanol–water partition coefficient (Wildman–Crippen LogP) is 2.31. The van der Waals surface area contributed by atoms with Gasteiger partial charge in [-0.2, -0.15) is 0 Å². The number of nitrogens with zero attached hydrogens (tertiary/aromatic N) is 5. The summed E-state index contributed by atoms with van der Waals surface area (Å²) in [6.07, 6.45) is 3.86.